The van der Waals surface area contributed by atoms with E-state index in [-0.39, 0.29) is 30.0 Å². The smallest absolute Gasteiger partial charge is 0.158 e. The Morgan fingerprint density at radius 1 is 1.10 bits per heavy atom. The third-order valence-electron chi connectivity index (χ3n) is 11.8. The Balaban J connectivity index is 1.02. The molecule has 0 aromatic heterocycles. The summed E-state index contributed by atoms with van der Waals surface area (Å²) in [5.41, 5.74) is 9.36. The Hall–Kier alpha value is -2.11. The van der Waals surface area contributed by atoms with E-state index in [4.69, 9.17) is 15.2 Å². The van der Waals surface area contributed by atoms with E-state index in [9.17, 15) is 9.90 Å². The Morgan fingerprint density at radius 2 is 1.90 bits per heavy atom. The summed E-state index contributed by atoms with van der Waals surface area (Å²) in [7, 11) is 0. The van der Waals surface area contributed by atoms with Crippen LogP contribution < -0.4 is 10.5 Å². The molecule has 1 aromatic carbocycles. The van der Waals surface area contributed by atoms with Gasteiger partial charge in [-0.2, -0.15) is 0 Å². The van der Waals surface area contributed by atoms with Crippen LogP contribution in [0.4, 0.5) is 5.69 Å². The van der Waals surface area contributed by atoms with Crippen LogP contribution in [0.3, 0.4) is 0 Å². The summed E-state index contributed by atoms with van der Waals surface area (Å²) < 4.78 is 12.2. The molecule has 0 bridgehead atoms. The topological polar surface area (TPSA) is 81.8 Å². The molecule has 5 nitrogen and oxygen atoms in total. The number of allylic oxidation sites excluding steroid dienone is 2. The Kier molecular flexibility index (Phi) is 7.20. The predicted molar refractivity (Wildman–Crippen MR) is 155 cm³/mol. The van der Waals surface area contributed by atoms with Crippen LogP contribution in [-0.2, 0) is 9.53 Å². The number of benzene rings is 1. The lowest BCUT2D eigenvalue weighted by Crippen LogP contribution is -2.54. The molecule has 4 saturated carbocycles. The fourth-order valence-electron chi connectivity index (χ4n) is 9.74. The molecule has 0 unspecified atom stereocenters. The van der Waals surface area contributed by atoms with Gasteiger partial charge in [0.05, 0.1) is 12.2 Å². The number of aliphatic hydroxyl groups is 1. The summed E-state index contributed by atoms with van der Waals surface area (Å²) in [5.74, 6) is 4.54. The molecule has 0 radical (unpaired) electrons. The van der Waals surface area contributed by atoms with Gasteiger partial charge in [0.25, 0.3) is 0 Å². The van der Waals surface area contributed by atoms with E-state index in [1.807, 2.05) is 24.3 Å². The number of fused-ring (bicyclic) bond motifs is 6. The van der Waals surface area contributed by atoms with Crippen molar-refractivity contribution in [1.29, 1.82) is 0 Å². The van der Waals surface area contributed by atoms with Crippen LogP contribution in [0.1, 0.15) is 96.5 Å². The second-order valence-electron chi connectivity index (χ2n) is 13.9. The highest BCUT2D eigenvalue weighted by atomic mass is 16.5. The van der Waals surface area contributed by atoms with Gasteiger partial charge in [-0.3, -0.25) is 4.79 Å². The average molecular weight is 534 g/mol. The van der Waals surface area contributed by atoms with Crippen molar-refractivity contribution in [3.05, 3.63) is 42.2 Å². The normalized spacial score (nSPS) is 39.1. The van der Waals surface area contributed by atoms with Crippen LogP contribution in [-0.4, -0.2) is 29.7 Å². The minimum atomic E-state index is -0.0849. The van der Waals surface area contributed by atoms with Gasteiger partial charge < -0.3 is 20.3 Å². The molecule has 3 N–H and O–H groups in total. The van der Waals surface area contributed by atoms with Crippen molar-refractivity contribution in [1.82, 2.24) is 0 Å². The van der Waals surface area contributed by atoms with E-state index in [2.05, 4.69) is 20.4 Å². The standard InChI is InChI=1S/C34H47NO4/c1-21-17-22(27-10-8-24(35)19-31(27)39-21)5-4-6-26(37)20-38-32-12-11-29-28-9-7-23-18-25(36)13-15-33(23,2)30(28)14-16-34(29,32)3/h8,10,17,19,23,25,28-30,32,36H,1,4-7,9,11-16,18,20,35H2,2-3H3/t23-,25+,28-,29-,30-,32-,33-,34-/m0/s1. The SMILES string of the molecule is C=C1C=C(CCCC(=O)CO[C@H]2CC[C@H]3[C@@H]4CC[C@H]5C[C@H](O)CC[C@]5(C)[C@H]4CC[C@]23C)c2ccc(N)cc2O1. The lowest BCUT2D eigenvalue weighted by atomic mass is 9.45. The van der Waals surface area contributed by atoms with E-state index < -0.39 is 0 Å². The third kappa shape index (κ3) is 4.88. The summed E-state index contributed by atoms with van der Waals surface area (Å²) in [5, 5.41) is 10.3. The maximum Gasteiger partial charge on any atom is 0.158 e. The van der Waals surface area contributed by atoms with E-state index in [0.717, 1.165) is 60.8 Å². The van der Waals surface area contributed by atoms with Crippen LogP contribution in [0, 0.1) is 34.5 Å². The van der Waals surface area contributed by atoms with E-state index in [0.29, 0.717) is 35.1 Å². The Bertz CT molecular complexity index is 1160. The molecule has 1 heterocycles. The van der Waals surface area contributed by atoms with Crippen LogP contribution in [0.2, 0.25) is 0 Å². The van der Waals surface area contributed by atoms with Crippen LogP contribution >= 0.6 is 0 Å². The predicted octanol–water partition coefficient (Wildman–Crippen LogP) is 7.09. The number of Topliss-reactive ketones (excluding diaryl/α,β-unsaturated/α-hetero) is 1. The highest BCUT2D eigenvalue weighted by molar-refractivity contribution is 5.80. The van der Waals surface area contributed by atoms with E-state index >= 15 is 0 Å². The van der Waals surface area contributed by atoms with Crippen molar-refractivity contribution < 1.29 is 19.4 Å². The zero-order valence-corrected chi connectivity index (χ0v) is 23.9. The van der Waals surface area contributed by atoms with E-state index in [1.54, 1.807) is 0 Å². The second kappa shape index (κ2) is 10.4. The van der Waals surface area contributed by atoms with Gasteiger partial charge in [-0.15, -0.1) is 0 Å². The molecule has 1 aromatic rings. The third-order valence-corrected chi connectivity index (χ3v) is 11.8. The maximum atomic E-state index is 12.9. The van der Waals surface area contributed by atoms with Gasteiger partial charge in [0, 0.05) is 23.7 Å². The molecule has 6 rings (SSSR count). The number of anilines is 1. The molecule has 39 heavy (non-hydrogen) atoms. The Morgan fingerprint density at radius 3 is 2.74 bits per heavy atom. The lowest BCUT2D eigenvalue weighted by molar-refractivity contribution is -0.146. The zero-order valence-electron chi connectivity index (χ0n) is 23.9. The van der Waals surface area contributed by atoms with Gasteiger partial charge in [-0.25, -0.2) is 0 Å². The molecular weight excluding hydrogens is 486 g/mol. The number of carbonyl (C=O) groups is 1. The van der Waals surface area contributed by atoms with Crippen molar-refractivity contribution in [2.24, 2.45) is 34.5 Å². The second-order valence-corrected chi connectivity index (χ2v) is 13.9. The first-order chi connectivity index (χ1) is 18.7. The molecule has 8 atom stereocenters. The van der Waals surface area contributed by atoms with Gasteiger partial charge in [-0.05, 0) is 129 Å². The molecule has 0 spiro atoms. The first-order valence-corrected chi connectivity index (χ1v) is 15.5. The number of nitrogens with two attached hydrogens (primary N) is 1. The number of ketones is 1. The molecule has 5 heteroatoms. The molecule has 212 valence electrons. The first-order valence-electron chi connectivity index (χ1n) is 15.5. The summed E-state index contributed by atoms with van der Waals surface area (Å²) >= 11 is 0. The first kappa shape index (κ1) is 27.1. The van der Waals surface area contributed by atoms with Crippen LogP contribution in [0.15, 0.2) is 36.6 Å². The monoisotopic (exact) mass is 533 g/mol. The van der Waals surface area contributed by atoms with Crippen LogP contribution in [0.5, 0.6) is 5.75 Å². The number of ether oxygens (including phenoxy) is 2. The zero-order chi connectivity index (χ0) is 27.4. The summed E-state index contributed by atoms with van der Waals surface area (Å²) in [4.78, 5) is 12.9. The van der Waals surface area contributed by atoms with Crippen molar-refractivity contribution in [3.63, 3.8) is 0 Å². The average Bonchev–Trinajstić information content (AvgIpc) is 3.23. The molecular formula is C34H47NO4. The van der Waals surface area contributed by atoms with Crippen molar-refractivity contribution in [2.75, 3.05) is 12.3 Å². The number of rotatable bonds is 7. The summed E-state index contributed by atoms with van der Waals surface area (Å²) in [6, 6.07) is 5.71. The molecule has 5 aliphatic rings. The highest BCUT2D eigenvalue weighted by Gasteiger charge is 2.60. The Labute approximate surface area is 234 Å². The minimum Gasteiger partial charge on any atom is -0.457 e. The maximum absolute atomic E-state index is 12.9. The molecule has 4 aliphatic carbocycles. The number of carbonyl (C=O) groups excluding carboxylic acids is 1. The number of hydrogen-bond donors (Lipinski definition) is 2. The lowest BCUT2D eigenvalue weighted by Gasteiger charge is -2.60. The van der Waals surface area contributed by atoms with Gasteiger partial charge in [-0.1, -0.05) is 20.4 Å². The van der Waals surface area contributed by atoms with Gasteiger partial charge >= 0.3 is 0 Å². The molecule has 1 aliphatic heterocycles. The molecule has 0 saturated heterocycles. The van der Waals surface area contributed by atoms with Crippen molar-refractivity contribution >= 4 is 17.0 Å². The summed E-state index contributed by atoms with van der Waals surface area (Å²) in [6.45, 7) is 9.21. The fourth-order valence-corrected chi connectivity index (χ4v) is 9.74. The van der Waals surface area contributed by atoms with Gasteiger partial charge in [0.2, 0.25) is 0 Å². The highest BCUT2D eigenvalue weighted by Crippen LogP contribution is 2.66. The van der Waals surface area contributed by atoms with Crippen LogP contribution in [0.25, 0.3) is 5.57 Å². The fraction of sp³-hybridized carbons (Fsp3) is 0.676. The van der Waals surface area contributed by atoms with Gasteiger partial charge in [0.15, 0.2) is 5.78 Å². The number of aliphatic hydroxyl groups excluding tert-OH is 1. The van der Waals surface area contributed by atoms with Crippen molar-refractivity contribution in [2.45, 2.75) is 103 Å². The largest absolute Gasteiger partial charge is 0.457 e. The molecule has 4 fully saturated rings. The number of nitrogen functional groups attached to an aromatic ring is 1. The quantitative estimate of drug-likeness (QED) is 0.366. The van der Waals surface area contributed by atoms with Gasteiger partial charge in [0.1, 0.15) is 18.1 Å². The van der Waals surface area contributed by atoms with E-state index in [1.165, 1.54) is 38.5 Å². The summed E-state index contributed by atoms with van der Waals surface area (Å²) in [6.07, 6.45) is 14.8. The minimum absolute atomic E-state index is 0.0849. The molecule has 0 amide bonds. The number of hydrogen-bond acceptors (Lipinski definition) is 5. The van der Waals surface area contributed by atoms with Crippen molar-refractivity contribution in [3.8, 4) is 5.75 Å².